The van der Waals surface area contributed by atoms with E-state index in [4.69, 9.17) is 9.47 Å². The number of hydrogen-bond acceptors (Lipinski definition) is 6. The van der Waals surface area contributed by atoms with Gasteiger partial charge in [-0.15, -0.1) is 0 Å². The van der Waals surface area contributed by atoms with Crippen LogP contribution in [0, 0.1) is 0 Å². The van der Waals surface area contributed by atoms with Gasteiger partial charge >= 0.3 is 0 Å². The zero-order valence-electron chi connectivity index (χ0n) is 17.3. The first kappa shape index (κ1) is 21.7. The van der Waals surface area contributed by atoms with Crippen molar-refractivity contribution >= 4 is 34.4 Å². The molecule has 7 nitrogen and oxygen atoms in total. The largest absolute Gasteiger partial charge is 0.493 e. The lowest BCUT2D eigenvalue weighted by atomic mass is 10.1. The van der Waals surface area contributed by atoms with Gasteiger partial charge in [-0.1, -0.05) is 36.0 Å². The number of nitrogens with one attached hydrogen (secondary N) is 1. The highest BCUT2D eigenvalue weighted by Crippen LogP contribution is 2.31. The van der Waals surface area contributed by atoms with Gasteiger partial charge in [-0.25, -0.2) is 4.99 Å². The summed E-state index contributed by atoms with van der Waals surface area (Å²) < 4.78 is 10.6. The minimum Gasteiger partial charge on any atom is -0.493 e. The van der Waals surface area contributed by atoms with Gasteiger partial charge in [0.2, 0.25) is 11.8 Å². The fraction of sp³-hybridized carbons (Fsp3) is 0.318. The van der Waals surface area contributed by atoms with Crippen molar-refractivity contribution in [3.05, 3.63) is 54.1 Å². The number of benzene rings is 2. The van der Waals surface area contributed by atoms with E-state index in [-0.39, 0.29) is 18.2 Å². The summed E-state index contributed by atoms with van der Waals surface area (Å²) in [5, 5.41) is 2.67. The Morgan fingerprint density at radius 1 is 1.17 bits per heavy atom. The molecule has 0 saturated carbocycles. The topological polar surface area (TPSA) is 80.2 Å². The lowest BCUT2D eigenvalue weighted by Crippen LogP contribution is -2.46. The van der Waals surface area contributed by atoms with Gasteiger partial charge in [0, 0.05) is 20.0 Å². The number of nitrogens with zero attached hydrogens (tertiary/aromatic N) is 2. The van der Waals surface area contributed by atoms with Gasteiger partial charge in [-0.3, -0.25) is 14.5 Å². The molecular formula is C22H25N3O4S. The van der Waals surface area contributed by atoms with Crippen LogP contribution in [0.25, 0.3) is 0 Å². The summed E-state index contributed by atoms with van der Waals surface area (Å²) in [7, 11) is 4.76. The number of methoxy groups -OCH3 is 2. The van der Waals surface area contributed by atoms with Crippen molar-refractivity contribution in [2.24, 2.45) is 4.99 Å². The fourth-order valence-corrected chi connectivity index (χ4v) is 4.30. The quantitative estimate of drug-likeness (QED) is 0.735. The minimum atomic E-state index is -0.484. The van der Waals surface area contributed by atoms with Gasteiger partial charge in [0.1, 0.15) is 0 Å². The predicted octanol–water partition coefficient (Wildman–Crippen LogP) is 3.01. The molecule has 8 heteroatoms. The average Bonchev–Trinajstić information content (AvgIpc) is 2.78. The summed E-state index contributed by atoms with van der Waals surface area (Å²) >= 11 is 1.32. The van der Waals surface area contributed by atoms with Crippen molar-refractivity contribution in [2.45, 2.75) is 18.1 Å². The standard InChI is InChI=1S/C22H25N3O4S/c1-23-21(27)19-14-20(26)25(22(30-19)24-16-7-5-4-6-8-16)12-11-15-9-10-17(28-2)18(13-15)29-3/h4-10,13,19H,11-12,14H2,1-3H3,(H,23,27)/t19-/m1/s1. The molecule has 1 aliphatic heterocycles. The number of carbonyl (C=O) groups is 2. The van der Waals surface area contributed by atoms with Crippen molar-refractivity contribution < 1.29 is 19.1 Å². The molecule has 0 spiro atoms. The summed E-state index contributed by atoms with van der Waals surface area (Å²) in [6, 6.07) is 15.1. The van der Waals surface area contributed by atoms with Crippen molar-refractivity contribution in [1.82, 2.24) is 10.2 Å². The third kappa shape index (κ3) is 5.13. The second kappa shape index (κ2) is 10.2. The number of para-hydroxylation sites is 1. The lowest BCUT2D eigenvalue weighted by molar-refractivity contribution is -0.130. The number of rotatable bonds is 7. The third-order valence-corrected chi connectivity index (χ3v) is 5.92. The maximum absolute atomic E-state index is 12.9. The first-order valence-electron chi connectivity index (χ1n) is 9.59. The van der Waals surface area contributed by atoms with Crippen LogP contribution in [0.2, 0.25) is 0 Å². The highest BCUT2D eigenvalue weighted by molar-refractivity contribution is 8.15. The normalized spacial score (nSPS) is 17.7. The molecule has 2 aromatic rings. The van der Waals surface area contributed by atoms with Crippen LogP contribution in [0.3, 0.4) is 0 Å². The van der Waals surface area contributed by atoms with Crippen LogP contribution in [-0.2, 0) is 16.0 Å². The monoisotopic (exact) mass is 427 g/mol. The van der Waals surface area contributed by atoms with E-state index in [0.717, 1.165) is 11.3 Å². The zero-order valence-corrected chi connectivity index (χ0v) is 18.1. The van der Waals surface area contributed by atoms with E-state index in [0.29, 0.717) is 29.6 Å². The molecule has 1 atom stereocenters. The zero-order chi connectivity index (χ0) is 21.5. The number of thioether (sulfide) groups is 1. The SMILES string of the molecule is CNC(=O)[C@H]1CC(=O)N(CCc2ccc(OC)c(OC)c2)C(=Nc2ccccc2)S1. The molecule has 30 heavy (non-hydrogen) atoms. The summed E-state index contributed by atoms with van der Waals surface area (Å²) in [4.78, 5) is 31.3. The van der Waals surface area contributed by atoms with E-state index < -0.39 is 5.25 Å². The van der Waals surface area contributed by atoms with Crippen LogP contribution >= 0.6 is 11.8 Å². The molecule has 0 bridgehead atoms. The molecule has 0 radical (unpaired) electrons. The van der Waals surface area contributed by atoms with E-state index >= 15 is 0 Å². The Morgan fingerprint density at radius 3 is 2.57 bits per heavy atom. The number of amidine groups is 1. The maximum Gasteiger partial charge on any atom is 0.233 e. The Hall–Kier alpha value is -3.00. The maximum atomic E-state index is 12.9. The summed E-state index contributed by atoms with van der Waals surface area (Å²) in [6.45, 7) is 0.452. The molecule has 0 unspecified atom stereocenters. The molecule has 1 aliphatic rings. The second-order valence-electron chi connectivity index (χ2n) is 6.64. The van der Waals surface area contributed by atoms with Gasteiger partial charge in [0.05, 0.1) is 25.2 Å². The van der Waals surface area contributed by atoms with Gasteiger partial charge in [-0.05, 0) is 36.2 Å². The molecule has 1 heterocycles. The molecule has 0 aliphatic carbocycles. The predicted molar refractivity (Wildman–Crippen MR) is 119 cm³/mol. The summed E-state index contributed by atoms with van der Waals surface area (Å²) in [5.41, 5.74) is 1.75. The highest BCUT2D eigenvalue weighted by atomic mass is 32.2. The molecule has 158 valence electrons. The van der Waals surface area contributed by atoms with Gasteiger partial charge in [0.15, 0.2) is 16.7 Å². The number of carbonyl (C=O) groups excluding carboxylic acids is 2. The van der Waals surface area contributed by atoms with Crippen molar-refractivity contribution in [3.8, 4) is 11.5 Å². The Morgan fingerprint density at radius 2 is 1.90 bits per heavy atom. The lowest BCUT2D eigenvalue weighted by Gasteiger charge is -2.31. The Bertz CT molecular complexity index is 933. The van der Waals surface area contributed by atoms with Crippen molar-refractivity contribution in [1.29, 1.82) is 0 Å². The number of ether oxygens (including phenoxy) is 2. The van der Waals surface area contributed by atoms with Crippen LogP contribution in [0.4, 0.5) is 5.69 Å². The van der Waals surface area contributed by atoms with Crippen LogP contribution in [0.1, 0.15) is 12.0 Å². The molecule has 3 rings (SSSR count). The molecule has 1 N–H and O–H groups in total. The van der Waals surface area contributed by atoms with Crippen LogP contribution in [-0.4, -0.2) is 54.9 Å². The Balaban J connectivity index is 1.82. The number of aliphatic imine (C=N–C) groups is 1. The van der Waals surface area contributed by atoms with E-state index in [1.54, 1.807) is 26.2 Å². The average molecular weight is 428 g/mol. The van der Waals surface area contributed by atoms with E-state index in [9.17, 15) is 9.59 Å². The Labute approximate surface area is 180 Å². The molecule has 1 saturated heterocycles. The van der Waals surface area contributed by atoms with Crippen LogP contribution in [0.15, 0.2) is 53.5 Å². The molecule has 1 fully saturated rings. The first-order valence-corrected chi connectivity index (χ1v) is 10.5. The number of hydrogen-bond donors (Lipinski definition) is 1. The second-order valence-corrected chi connectivity index (χ2v) is 7.81. The van der Waals surface area contributed by atoms with Gasteiger partial charge in [0.25, 0.3) is 0 Å². The molecular weight excluding hydrogens is 402 g/mol. The van der Waals surface area contributed by atoms with Crippen LogP contribution in [0.5, 0.6) is 11.5 Å². The van der Waals surface area contributed by atoms with Crippen molar-refractivity contribution in [3.63, 3.8) is 0 Å². The van der Waals surface area contributed by atoms with Gasteiger partial charge < -0.3 is 14.8 Å². The third-order valence-electron chi connectivity index (χ3n) is 4.73. The van der Waals surface area contributed by atoms with E-state index in [2.05, 4.69) is 10.3 Å². The van der Waals surface area contributed by atoms with E-state index in [1.807, 2.05) is 48.5 Å². The fourth-order valence-electron chi connectivity index (χ4n) is 3.11. The van der Waals surface area contributed by atoms with Gasteiger partial charge in [-0.2, -0.15) is 0 Å². The molecule has 2 aromatic carbocycles. The van der Waals surface area contributed by atoms with Crippen LogP contribution < -0.4 is 14.8 Å². The smallest absolute Gasteiger partial charge is 0.233 e. The summed E-state index contributed by atoms with van der Waals surface area (Å²) in [6.07, 6.45) is 0.759. The van der Waals surface area contributed by atoms with E-state index in [1.165, 1.54) is 11.8 Å². The Kier molecular flexibility index (Phi) is 7.35. The molecule has 0 aromatic heterocycles. The van der Waals surface area contributed by atoms with Crippen molar-refractivity contribution in [2.75, 3.05) is 27.8 Å². The minimum absolute atomic E-state index is 0.113. The highest BCUT2D eigenvalue weighted by Gasteiger charge is 2.35. The summed E-state index contributed by atoms with van der Waals surface area (Å²) in [5.74, 6) is 1.02. The molecule has 2 amide bonds. The number of amides is 2. The first-order chi connectivity index (χ1) is 14.5.